The topological polar surface area (TPSA) is 50.7 Å². The smallest absolute Gasteiger partial charge is 0.181 e. The van der Waals surface area contributed by atoms with Crippen molar-refractivity contribution in [1.82, 2.24) is 15.0 Å². The van der Waals surface area contributed by atoms with E-state index in [0.717, 1.165) is 29.2 Å². The van der Waals surface area contributed by atoms with Crippen molar-refractivity contribution in [3.8, 4) is 11.5 Å². The number of rotatable bonds is 3. The van der Waals surface area contributed by atoms with E-state index in [4.69, 9.17) is 0 Å². The SMILES string of the molecule is CCc1nc(-c2cscn2)nc(NC)c1C. The Balaban J connectivity index is 2.56. The summed E-state index contributed by atoms with van der Waals surface area (Å²) in [5.74, 6) is 1.59. The summed E-state index contributed by atoms with van der Waals surface area (Å²) in [5.41, 5.74) is 4.82. The second kappa shape index (κ2) is 4.57. The van der Waals surface area contributed by atoms with Crippen LogP contribution in [0.4, 0.5) is 5.82 Å². The van der Waals surface area contributed by atoms with Gasteiger partial charge < -0.3 is 5.32 Å². The molecule has 0 unspecified atom stereocenters. The van der Waals surface area contributed by atoms with Crippen LogP contribution in [0.3, 0.4) is 0 Å². The zero-order valence-corrected chi connectivity index (χ0v) is 10.4. The van der Waals surface area contributed by atoms with Crippen LogP contribution >= 0.6 is 11.3 Å². The lowest BCUT2D eigenvalue weighted by Crippen LogP contribution is -2.04. The summed E-state index contributed by atoms with van der Waals surface area (Å²) in [5, 5.41) is 5.06. The minimum atomic E-state index is 0.702. The van der Waals surface area contributed by atoms with Crippen LogP contribution in [-0.4, -0.2) is 22.0 Å². The molecule has 16 heavy (non-hydrogen) atoms. The molecule has 1 N–H and O–H groups in total. The molecule has 0 radical (unpaired) electrons. The average molecular weight is 234 g/mol. The molecule has 2 heterocycles. The molecule has 0 aromatic carbocycles. The van der Waals surface area contributed by atoms with E-state index in [0.29, 0.717) is 5.82 Å². The van der Waals surface area contributed by atoms with Crippen LogP contribution in [0.5, 0.6) is 0 Å². The predicted octanol–water partition coefficient (Wildman–Crippen LogP) is 2.51. The third-order valence-electron chi connectivity index (χ3n) is 2.48. The highest BCUT2D eigenvalue weighted by Gasteiger charge is 2.11. The zero-order chi connectivity index (χ0) is 11.5. The normalized spacial score (nSPS) is 10.4. The van der Waals surface area contributed by atoms with Gasteiger partial charge in [-0.2, -0.15) is 0 Å². The predicted molar refractivity (Wildman–Crippen MR) is 66.8 cm³/mol. The first-order valence-corrected chi connectivity index (χ1v) is 6.14. The van der Waals surface area contributed by atoms with Crippen LogP contribution in [0, 0.1) is 6.92 Å². The van der Waals surface area contributed by atoms with Crippen molar-refractivity contribution in [3.05, 3.63) is 22.1 Å². The molecule has 5 heteroatoms. The Morgan fingerprint density at radius 3 is 2.75 bits per heavy atom. The lowest BCUT2D eigenvalue weighted by atomic mass is 10.2. The highest BCUT2D eigenvalue weighted by atomic mass is 32.1. The van der Waals surface area contributed by atoms with Crippen molar-refractivity contribution in [2.75, 3.05) is 12.4 Å². The van der Waals surface area contributed by atoms with Gasteiger partial charge in [0, 0.05) is 23.7 Å². The third kappa shape index (κ3) is 1.90. The highest BCUT2D eigenvalue weighted by molar-refractivity contribution is 7.07. The van der Waals surface area contributed by atoms with E-state index < -0.39 is 0 Å². The van der Waals surface area contributed by atoms with Crippen LogP contribution in [0.2, 0.25) is 0 Å². The number of thiazole rings is 1. The lowest BCUT2D eigenvalue weighted by Gasteiger charge is -2.09. The first-order chi connectivity index (χ1) is 7.76. The van der Waals surface area contributed by atoms with Gasteiger partial charge in [-0.1, -0.05) is 6.92 Å². The number of nitrogens with one attached hydrogen (secondary N) is 1. The van der Waals surface area contributed by atoms with E-state index in [1.54, 1.807) is 16.8 Å². The molecular weight excluding hydrogens is 220 g/mol. The fourth-order valence-electron chi connectivity index (χ4n) is 1.59. The number of anilines is 1. The summed E-state index contributed by atoms with van der Waals surface area (Å²) in [7, 11) is 1.87. The van der Waals surface area contributed by atoms with E-state index in [1.165, 1.54) is 0 Å². The Kier molecular flexibility index (Phi) is 3.14. The average Bonchev–Trinajstić information content (AvgIpc) is 2.83. The van der Waals surface area contributed by atoms with Gasteiger partial charge in [0.25, 0.3) is 0 Å². The van der Waals surface area contributed by atoms with E-state index in [2.05, 4.69) is 27.2 Å². The van der Waals surface area contributed by atoms with Crippen molar-refractivity contribution < 1.29 is 0 Å². The van der Waals surface area contributed by atoms with Gasteiger partial charge >= 0.3 is 0 Å². The zero-order valence-electron chi connectivity index (χ0n) is 9.61. The summed E-state index contributed by atoms with van der Waals surface area (Å²) in [6.07, 6.45) is 0.903. The third-order valence-corrected chi connectivity index (χ3v) is 3.07. The van der Waals surface area contributed by atoms with Crippen molar-refractivity contribution in [3.63, 3.8) is 0 Å². The van der Waals surface area contributed by atoms with Crippen LogP contribution < -0.4 is 5.32 Å². The van der Waals surface area contributed by atoms with Gasteiger partial charge in [0.05, 0.1) is 5.51 Å². The summed E-state index contributed by atoms with van der Waals surface area (Å²) in [6, 6.07) is 0. The molecule has 0 aliphatic rings. The molecule has 0 aliphatic carbocycles. The Hall–Kier alpha value is -1.49. The van der Waals surface area contributed by atoms with Crippen LogP contribution in [-0.2, 0) is 6.42 Å². The molecular formula is C11H14N4S. The summed E-state index contributed by atoms with van der Waals surface area (Å²) in [6.45, 7) is 4.13. The van der Waals surface area contributed by atoms with Crippen LogP contribution in [0.1, 0.15) is 18.2 Å². The minimum Gasteiger partial charge on any atom is -0.373 e. The van der Waals surface area contributed by atoms with Crippen molar-refractivity contribution in [2.45, 2.75) is 20.3 Å². The molecule has 0 amide bonds. The van der Waals surface area contributed by atoms with E-state index in [1.807, 2.05) is 19.4 Å². The maximum absolute atomic E-state index is 4.53. The number of aromatic nitrogens is 3. The molecule has 0 aliphatic heterocycles. The van der Waals surface area contributed by atoms with Crippen LogP contribution in [0.15, 0.2) is 10.9 Å². The van der Waals surface area contributed by atoms with Gasteiger partial charge in [0.2, 0.25) is 0 Å². The molecule has 84 valence electrons. The summed E-state index contributed by atoms with van der Waals surface area (Å²) >= 11 is 1.55. The fourth-order valence-corrected chi connectivity index (χ4v) is 2.12. The van der Waals surface area contributed by atoms with E-state index in [-0.39, 0.29) is 0 Å². The fraction of sp³-hybridized carbons (Fsp3) is 0.364. The lowest BCUT2D eigenvalue weighted by molar-refractivity contribution is 0.973. The van der Waals surface area contributed by atoms with Crippen molar-refractivity contribution in [2.24, 2.45) is 0 Å². The second-order valence-electron chi connectivity index (χ2n) is 3.44. The maximum Gasteiger partial charge on any atom is 0.181 e. The van der Waals surface area contributed by atoms with Gasteiger partial charge in [-0.05, 0) is 13.3 Å². The number of aryl methyl sites for hydroxylation is 1. The Morgan fingerprint density at radius 2 is 2.19 bits per heavy atom. The number of hydrogen-bond donors (Lipinski definition) is 1. The van der Waals surface area contributed by atoms with Crippen molar-refractivity contribution in [1.29, 1.82) is 0 Å². The van der Waals surface area contributed by atoms with E-state index >= 15 is 0 Å². The van der Waals surface area contributed by atoms with Gasteiger partial charge in [-0.15, -0.1) is 11.3 Å². The first-order valence-electron chi connectivity index (χ1n) is 5.20. The number of nitrogens with zero attached hydrogens (tertiary/aromatic N) is 3. The summed E-state index contributed by atoms with van der Waals surface area (Å²) < 4.78 is 0. The van der Waals surface area contributed by atoms with Gasteiger partial charge in [0.1, 0.15) is 11.5 Å². The molecule has 2 rings (SSSR count). The largest absolute Gasteiger partial charge is 0.373 e. The molecule has 0 saturated heterocycles. The van der Waals surface area contributed by atoms with Gasteiger partial charge in [-0.25, -0.2) is 15.0 Å². The summed E-state index contributed by atoms with van der Waals surface area (Å²) in [4.78, 5) is 13.2. The quantitative estimate of drug-likeness (QED) is 0.886. The molecule has 0 spiro atoms. The molecule has 4 nitrogen and oxygen atoms in total. The molecule has 2 aromatic rings. The molecule has 0 fully saturated rings. The molecule has 0 saturated carbocycles. The standard InChI is InChI=1S/C11H14N4S/c1-4-8-7(2)10(12-3)15-11(14-8)9-5-16-6-13-9/h5-6H,4H2,1-3H3,(H,12,14,15). The monoisotopic (exact) mass is 234 g/mol. The first kappa shape index (κ1) is 11.0. The molecule has 0 bridgehead atoms. The van der Waals surface area contributed by atoms with Crippen LogP contribution in [0.25, 0.3) is 11.5 Å². The Morgan fingerprint density at radius 1 is 1.38 bits per heavy atom. The van der Waals surface area contributed by atoms with Gasteiger partial charge in [-0.3, -0.25) is 0 Å². The molecule has 2 aromatic heterocycles. The number of hydrogen-bond acceptors (Lipinski definition) is 5. The molecule has 0 atom stereocenters. The van der Waals surface area contributed by atoms with Crippen molar-refractivity contribution >= 4 is 17.2 Å². The second-order valence-corrected chi connectivity index (χ2v) is 4.16. The highest BCUT2D eigenvalue weighted by Crippen LogP contribution is 2.21. The maximum atomic E-state index is 4.53. The van der Waals surface area contributed by atoms with Gasteiger partial charge in [0.15, 0.2) is 5.82 Å². The van der Waals surface area contributed by atoms with E-state index in [9.17, 15) is 0 Å². The Bertz CT molecular complexity index is 454. The minimum absolute atomic E-state index is 0.702. The Labute approximate surface area is 98.8 Å².